The van der Waals surface area contributed by atoms with Crippen molar-refractivity contribution in [1.82, 2.24) is 4.98 Å². The number of ether oxygens (including phenoxy) is 2. The number of rotatable bonds is 4. The average Bonchev–Trinajstić information content (AvgIpc) is 2.78. The van der Waals surface area contributed by atoms with Crippen molar-refractivity contribution in [2.75, 3.05) is 6.61 Å². The van der Waals surface area contributed by atoms with Gasteiger partial charge in [-0.15, -0.1) is 0 Å². The molecule has 0 radical (unpaired) electrons. The van der Waals surface area contributed by atoms with Gasteiger partial charge < -0.3 is 9.47 Å². The molecule has 3 heteroatoms. The van der Waals surface area contributed by atoms with Crippen LogP contribution in [0, 0.1) is 0 Å². The first-order chi connectivity index (χ1) is 14.3. The lowest BCUT2D eigenvalue weighted by molar-refractivity contribution is -0.104. The molecule has 0 amide bonds. The van der Waals surface area contributed by atoms with Crippen LogP contribution in [0.2, 0.25) is 0 Å². The standard InChI is InChI=1S/C26H23NO2/c1-2-28-25-17-20(16-24(29-25)23-13-7-8-14-27-23)26-21-11-5-3-9-18(21)15-19-10-4-6-12-22(19)26/h3-16,20,25H,2,17H2,1H3. The average molecular weight is 381 g/mol. The maximum atomic E-state index is 6.17. The number of fused-ring (bicyclic) bond motifs is 2. The molecule has 144 valence electrons. The number of pyridine rings is 1. The molecule has 2 atom stereocenters. The van der Waals surface area contributed by atoms with E-state index in [1.807, 2.05) is 25.1 Å². The molecule has 4 aromatic rings. The van der Waals surface area contributed by atoms with Crippen molar-refractivity contribution < 1.29 is 9.47 Å². The maximum absolute atomic E-state index is 6.17. The first-order valence-corrected chi connectivity index (χ1v) is 10.2. The van der Waals surface area contributed by atoms with E-state index >= 15 is 0 Å². The van der Waals surface area contributed by atoms with Crippen molar-refractivity contribution in [3.8, 4) is 0 Å². The summed E-state index contributed by atoms with van der Waals surface area (Å²) in [5.41, 5.74) is 2.17. The van der Waals surface area contributed by atoms with Gasteiger partial charge in [0.1, 0.15) is 11.5 Å². The predicted molar refractivity (Wildman–Crippen MR) is 118 cm³/mol. The smallest absolute Gasteiger partial charge is 0.200 e. The van der Waals surface area contributed by atoms with Gasteiger partial charge in [-0.1, -0.05) is 54.6 Å². The Morgan fingerprint density at radius 2 is 1.62 bits per heavy atom. The fourth-order valence-electron chi connectivity index (χ4n) is 4.28. The zero-order chi connectivity index (χ0) is 19.6. The second kappa shape index (κ2) is 7.69. The topological polar surface area (TPSA) is 31.4 Å². The highest BCUT2D eigenvalue weighted by Crippen LogP contribution is 2.41. The first-order valence-electron chi connectivity index (χ1n) is 10.2. The third-order valence-electron chi connectivity index (χ3n) is 5.51. The van der Waals surface area contributed by atoms with Gasteiger partial charge in [-0.2, -0.15) is 0 Å². The van der Waals surface area contributed by atoms with E-state index in [2.05, 4.69) is 65.7 Å². The van der Waals surface area contributed by atoms with Gasteiger partial charge in [-0.05, 0) is 58.3 Å². The predicted octanol–water partition coefficient (Wildman–Crippen LogP) is 6.30. The van der Waals surface area contributed by atoms with Crippen molar-refractivity contribution >= 4 is 27.3 Å². The third kappa shape index (κ3) is 3.39. The van der Waals surface area contributed by atoms with Crippen LogP contribution in [0.1, 0.15) is 30.5 Å². The highest BCUT2D eigenvalue weighted by molar-refractivity contribution is 6.03. The highest BCUT2D eigenvalue weighted by atomic mass is 16.7. The molecular formula is C26H23NO2. The lowest BCUT2D eigenvalue weighted by Crippen LogP contribution is -2.24. The van der Waals surface area contributed by atoms with Gasteiger partial charge in [0.2, 0.25) is 6.29 Å². The van der Waals surface area contributed by atoms with Gasteiger partial charge in [-0.3, -0.25) is 4.98 Å². The fraction of sp³-hybridized carbons (Fsp3) is 0.192. The van der Waals surface area contributed by atoms with Gasteiger partial charge in [0.05, 0.1) is 0 Å². The van der Waals surface area contributed by atoms with Gasteiger partial charge in [0.15, 0.2) is 0 Å². The van der Waals surface area contributed by atoms with E-state index in [9.17, 15) is 0 Å². The van der Waals surface area contributed by atoms with Gasteiger partial charge >= 0.3 is 0 Å². The summed E-state index contributed by atoms with van der Waals surface area (Å²) in [5.74, 6) is 0.964. The molecule has 0 spiro atoms. The molecule has 0 saturated carbocycles. The molecule has 3 aromatic carbocycles. The Labute approximate surface area is 170 Å². The molecule has 3 nitrogen and oxygen atoms in total. The van der Waals surface area contributed by atoms with Crippen LogP contribution in [0.4, 0.5) is 0 Å². The summed E-state index contributed by atoms with van der Waals surface area (Å²) in [6.45, 7) is 2.62. The number of benzene rings is 3. The summed E-state index contributed by atoms with van der Waals surface area (Å²) in [6.07, 6.45) is 4.50. The molecule has 29 heavy (non-hydrogen) atoms. The molecule has 1 aliphatic heterocycles. The van der Waals surface area contributed by atoms with Gasteiger partial charge in [-0.25, -0.2) is 0 Å². The molecule has 0 N–H and O–H groups in total. The van der Waals surface area contributed by atoms with Crippen LogP contribution in [0.25, 0.3) is 27.3 Å². The minimum Gasteiger partial charge on any atom is -0.463 e. The largest absolute Gasteiger partial charge is 0.463 e. The monoisotopic (exact) mass is 381 g/mol. The highest BCUT2D eigenvalue weighted by Gasteiger charge is 2.28. The quantitative estimate of drug-likeness (QED) is 0.389. The van der Waals surface area contributed by atoms with E-state index in [1.165, 1.54) is 27.1 Å². The van der Waals surface area contributed by atoms with Crippen molar-refractivity contribution in [1.29, 1.82) is 0 Å². The van der Waals surface area contributed by atoms with Crippen molar-refractivity contribution in [3.05, 3.63) is 96.3 Å². The van der Waals surface area contributed by atoms with Crippen LogP contribution < -0.4 is 0 Å². The van der Waals surface area contributed by atoms with Crippen LogP contribution in [0.5, 0.6) is 0 Å². The zero-order valence-electron chi connectivity index (χ0n) is 16.4. The second-order valence-corrected chi connectivity index (χ2v) is 7.32. The number of hydrogen-bond donors (Lipinski definition) is 0. The molecule has 5 rings (SSSR count). The molecule has 0 aliphatic carbocycles. The zero-order valence-corrected chi connectivity index (χ0v) is 16.4. The Morgan fingerprint density at radius 1 is 0.931 bits per heavy atom. The minimum absolute atomic E-state index is 0.174. The van der Waals surface area contributed by atoms with Crippen LogP contribution in [-0.4, -0.2) is 17.9 Å². The Bertz CT molecular complexity index is 1130. The normalized spacial score (nSPS) is 19.1. The number of nitrogens with zero attached hydrogens (tertiary/aromatic N) is 1. The molecule has 0 fully saturated rings. The molecule has 0 bridgehead atoms. The van der Waals surface area contributed by atoms with E-state index in [0.717, 1.165) is 17.9 Å². The van der Waals surface area contributed by atoms with E-state index < -0.39 is 0 Å². The summed E-state index contributed by atoms with van der Waals surface area (Å²) >= 11 is 0. The Kier molecular flexibility index (Phi) is 4.74. The van der Waals surface area contributed by atoms with Crippen molar-refractivity contribution in [3.63, 3.8) is 0 Å². The fourth-order valence-corrected chi connectivity index (χ4v) is 4.28. The van der Waals surface area contributed by atoms with E-state index in [0.29, 0.717) is 6.61 Å². The van der Waals surface area contributed by atoms with Crippen molar-refractivity contribution in [2.45, 2.75) is 25.6 Å². The summed E-state index contributed by atoms with van der Waals surface area (Å²) < 4.78 is 12.1. The van der Waals surface area contributed by atoms with Crippen LogP contribution in [-0.2, 0) is 9.47 Å². The SMILES string of the molecule is CCOC1CC(c2c3ccccc3cc3ccccc23)C=C(c2ccccn2)O1. The summed E-state index contributed by atoms with van der Waals surface area (Å²) in [7, 11) is 0. The Balaban J connectivity index is 1.73. The van der Waals surface area contributed by atoms with Gasteiger partial charge in [0, 0.05) is 25.1 Å². The lowest BCUT2D eigenvalue weighted by Gasteiger charge is -2.30. The molecule has 0 saturated heterocycles. The molecule has 1 aliphatic rings. The molecule has 2 heterocycles. The van der Waals surface area contributed by atoms with E-state index in [4.69, 9.17) is 9.47 Å². The first kappa shape index (κ1) is 17.9. The lowest BCUT2D eigenvalue weighted by atomic mass is 9.85. The maximum Gasteiger partial charge on any atom is 0.200 e. The Hall–Kier alpha value is -3.17. The third-order valence-corrected chi connectivity index (χ3v) is 5.51. The number of aromatic nitrogens is 1. The van der Waals surface area contributed by atoms with Crippen LogP contribution in [0.15, 0.2) is 85.1 Å². The molecular weight excluding hydrogens is 358 g/mol. The van der Waals surface area contributed by atoms with Crippen LogP contribution >= 0.6 is 0 Å². The van der Waals surface area contributed by atoms with Gasteiger partial charge in [0.25, 0.3) is 0 Å². The van der Waals surface area contributed by atoms with E-state index in [1.54, 1.807) is 6.20 Å². The second-order valence-electron chi connectivity index (χ2n) is 7.32. The number of hydrogen-bond acceptors (Lipinski definition) is 3. The number of allylic oxidation sites excluding steroid dienone is 1. The van der Waals surface area contributed by atoms with Crippen LogP contribution in [0.3, 0.4) is 0 Å². The molecule has 1 aromatic heterocycles. The van der Waals surface area contributed by atoms with Crippen molar-refractivity contribution in [2.24, 2.45) is 0 Å². The Morgan fingerprint density at radius 3 is 2.28 bits per heavy atom. The minimum atomic E-state index is -0.287. The molecule has 2 unspecified atom stereocenters. The summed E-state index contributed by atoms with van der Waals surface area (Å²) in [5, 5.41) is 5.08. The summed E-state index contributed by atoms with van der Waals surface area (Å²) in [6, 6.07) is 25.4. The summed E-state index contributed by atoms with van der Waals surface area (Å²) in [4.78, 5) is 4.50. The van der Waals surface area contributed by atoms with E-state index in [-0.39, 0.29) is 12.2 Å².